The fourth-order valence-electron chi connectivity index (χ4n) is 1.75. The number of benzene rings is 1. The van der Waals surface area contributed by atoms with E-state index in [9.17, 15) is 14.0 Å². The quantitative estimate of drug-likeness (QED) is 0.791. The third kappa shape index (κ3) is 6.79. The van der Waals surface area contributed by atoms with E-state index in [0.717, 1.165) is 6.07 Å². The van der Waals surface area contributed by atoms with Crippen LogP contribution < -0.4 is 0 Å². The molecule has 7 heteroatoms. The first-order valence-electron chi connectivity index (χ1n) is 7.74. The van der Waals surface area contributed by atoms with Crippen molar-refractivity contribution < 1.29 is 23.5 Å². The van der Waals surface area contributed by atoms with Crippen LogP contribution in [-0.4, -0.2) is 28.3 Å². The summed E-state index contributed by atoms with van der Waals surface area (Å²) < 4.78 is 24.5. The molecule has 0 aliphatic rings. The Hall–Kier alpha value is -2.62. The van der Waals surface area contributed by atoms with Crippen LogP contribution in [0.1, 0.15) is 52.7 Å². The first kappa shape index (κ1) is 20.4. The average Bonchev–Trinajstić information content (AvgIpc) is 2.41. The predicted molar refractivity (Wildman–Crippen MR) is 89.1 cm³/mol. The van der Waals surface area contributed by atoms with E-state index in [4.69, 9.17) is 14.7 Å². The van der Waals surface area contributed by atoms with Gasteiger partial charge in [-0.3, -0.25) is 0 Å². The molecule has 0 bridgehead atoms. The Balaban J connectivity index is 3.12. The molecule has 6 nitrogen and oxygen atoms in total. The van der Waals surface area contributed by atoms with Gasteiger partial charge in [0, 0.05) is 5.56 Å². The minimum Gasteiger partial charge on any atom is -0.443 e. The molecule has 136 valence electrons. The van der Waals surface area contributed by atoms with Crippen LogP contribution in [0.25, 0.3) is 0 Å². The van der Waals surface area contributed by atoms with Crippen molar-refractivity contribution in [2.45, 2.75) is 59.3 Å². The summed E-state index contributed by atoms with van der Waals surface area (Å²) >= 11 is 0. The molecule has 0 aliphatic carbocycles. The molecule has 0 atom stereocenters. The molecule has 0 fully saturated rings. The zero-order valence-corrected chi connectivity index (χ0v) is 15.3. The van der Waals surface area contributed by atoms with Crippen molar-refractivity contribution in [3.63, 3.8) is 0 Å². The van der Waals surface area contributed by atoms with Crippen molar-refractivity contribution in [3.8, 4) is 6.07 Å². The monoisotopic (exact) mass is 350 g/mol. The van der Waals surface area contributed by atoms with E-state index >= 15 is 0 Å². The standard InChI is InChI=1S/C18H23FN2O4/c1-17(2,3)24-15(22)21(16(23)25-18(4,5)6)11-13-8-7-12(10-20)9-14(13)19/h7-9H,11H2,1-6H3. The molecule has 0 saturated heterocycles. The van der Waals surface area contributed by atoms with Gasteiger partial charge in [0.05, 0.1) is 18.2 Å². The minimum atomic E-state index is -0.939. The Bertz CT molecular complexity index is 668. The fourth-order valence-corrected chi connectivity index (χ4v) is 1.75. The molecule has 0 aromatic heterocycles. The molecular weight excluding hydrogens is 327 g/mol. The highest BCUT2D eigenvalue weighted by Crippen LogP contribution is 2.19. The van der Waals surface area contributed by atoms with Gasteiger partial charge in [0.2, 0.25) is 0 Å². The molecule has 1 aromatic carbocycles. The SMILES string of the molecule is CC(C)(C)OC(=O)N(Cc1ccc(C#N)cc1F)C(=O)OC(C)(C)C. The van der Waals surface area contributed by atoms with E-state index in [-0.39, 0.29) is 17.7 Å². The Morgan fingerprint density at radius 2 is 1.56 bits per heavy atom. The van der Waals surface area contributed by atoms with Crippen LogP contribution in [-0.2, 0) is 16.0 Å². The van der Waals surface area contributed by atoms with Crippen LogP contribution in [0.3, 0.4) is 0 Å². The van der Waals surface area contributed by atoms with Crippen LogP contribution in [0.5, 0.6) is 0 Å². The molecule has 0 N–H and O–H groups in total. The molecule has 0 saturated carbocycles. The summed E-state index contributed by atoms with van der Waals surface area (Å²) in [5.74, 6) is -0.698. The first-order chi connectivity index (χ1) is 11.3. The Kier molecular flexibility index (Phi) is 6.14. The molecular formula is C18H23FN2O4. The molecule has 0 aliphatic heterocycles. The highest BCUT2D eigenvalue weighted by Gasteiger charge is 2.31. The smallest absolute Gasteiger partial charge is 0.420 e. The Morgan fingerprint density at radius 3 is 1.92 bits per heavy atom. The minimum absolute atomic E-state index is 0.0655. The lowest BCUT2D eigenvalue weighted by molar-refractivity contribution is -0.000387. The van der Waals surface area contributed by atoms with E-state index in [0.29, 0.717) is 4.90 Å². The van der Waals surface area contributed by atoms with E-state index in [2.05, 4.69) is 0 Å². The van der Waals surface area contributed by atoms with E-state index < -0.39 is 29.2 Å². The van der Waals surface area contributed by atoms with Crippen LogP contribution in [0, 0.1) is 17.1 Å². The van der Waals surface area contributed by atoms with E-state index in [1.54, 1.807) is 41.5 Å². The largest absolute Gasteiger partial charge is 0.443 e. The summed E-state index contributed by atoms with van der Waals surface area (Å²) in [6.45, 7) is 9.55. The van der Waals surface area contributed by atoms with Gasteiger partial charge in [-0.2, -0.15) is 5.26 Å². The number of carbonyl (C=O) groups excluding carboxylic acids is 2. The molecule has 0 unspecified atom stereocenters. The van der Waals surface area contributed by atoms with Crippen LogP contribution in [0.15, 0.2) is 18.2 Å². The van der Waals surface area contributed by atoms with E-state index in [1.165, 1.54) is 12.1 Å². The van der Waals surface area contributed by atoms with Gasteiger partial charge in [-0.1, -0.05) is 6.07 Å². The second kappa shape index (κ2) is 7.51. The topological polar surface area (TPSA) is 79.6 Å². The third-order valence-electron chi connectivity index (χ3n) is 2.74. The van der Waals surface area contributed by atoms with Gasteiger partial charge in [-0.05, 0) is 53.7 Å². The number of carbonyl (C=O) groups is 2. The molecule has 0 heterocycles. The number of halogens is 1. The van der Waals surface area contributed by atoms with Gasteiger partial charge in [0.15, 0.2) is 0 Å². The van der Waals surface area contributed by atoms with Crippen molar-refractivity contribution in [1.82, 2.24) is 4.90 Å². The van der Waals surface area contributed by atoms with Crippen molar-refractivity contribution in [2.75, 3.05) is 0 Å². The summed E-state index contributed by atoms with van der Waals surface area (Å²) in [6, 6.07) is 5.60. The molecule has 1 rings (SSSR count). The summed E-state index contributed by atoms with van der Waals surface area (Å²) in [7, 11) is 0. The summed E-state index contributed by atoms with van der Waals surface area (Å²) in [6.07, 6.45) is -1.88. The highest BCUT2D eigenvalue weighted by molar-refractivity contribution is 5.88. The highest BCUT2D eigenvalue weighted by atomic mass is 19.1. The molecule has 25 heavy (non-hydrogen) atoms. The number of hydrogen-bond donors (Lipinski definition) is 0. The third-order valence-corrected chi connectivity index (χ3v) is 2.74. The van der Waals surface area contributed by atoms with Crippen LogP contribution in [0.4, 0.5) is 14.0 Å². The summed E-state index contributed by atoms with van der Waals surface area (Å²) in [4.78, 5) is 25.4. The van der Waals surface area contributed by atoms with Gasteiger partial charge < -0.3 is 9.47 Å². The van der Waals surface area contributed by atoms with Crippen molar-refractivity contribution in [3.05, 3.63) is 35.1 Å². The Labute approximate surface area is 147 Å². The number of hydrogen-bond acceptors (Lipinski definition) is 5. The lowest BCUT2D eigenvalue weighted by atomic mass is 10.1. The summed E-state index contributed by atoms with van der Waals surface area (Å²) in [5, 5.41) is 8.79. The normalized spacial score (nSPS) is 11.4. The van der Waals surface area contributed by atoms with Gasteiger partial charge in [0.25, 0.3) is 0 Å². The van der Waals surface area contributed by atoms with Gasteiger partial charge in [-0.25, -0.2) is 18.9 Å². The fraction of sp³-hybridized carbons (Fsp3) is 0.500. The van der Waals surface area contributed by atoms with Crippen LogP contribution in [0.2, 0.25) is 0 Å². The molecule has 0 spiro atoms. The van der Waals surface area contributed by atoms with Crippen LogP contribution >= 0.6 is 0 Å². The Morgan fingerprint density at radius 1 is 1.08 bits per heavy atom. The van der Waals surface area contributed by atoms with Crippen molar-refractivity contribution >= 4 is 12.2 Å². The van der Waals surface area contributed by atoms with Crippen molar-refractivity contribution in [1.29, 1.82) is 5.26 Å². The number of nitrogens with zero attached hydrogens (tertiary/aromatic N) is 2. The maximum Gasteiger partial charge on any atom is 0.420 e. The lowest BCUT2D eigenvalue weighted by Gasteiger charge is -2.28. The second-order valence-corrected chi connectivity index (χ2v) is 7.46. The summed E-state index contributed by atoms with van der Waals surface area (Å²) in [5.41, 5.74) is -1.46. The molecule has 2 amide bonds. The number of imide groups is 1. The van der Waals surface area contributed by atoms with Crippen molar-refractivity contribution in [2.24, 2.45) is 0 Å². The maximum absolute atomic E-state index is 14.1. The second-order valence-electron chi connectivity index (χ2n) is 7.46. The number of ether oxygens (including phenoxy) is 2. The number of rotatable bonds is 2. The lowest BCUT2D eigenvalue weighted by Crippen LogP contribution is -2.43. The van der Waals surface area contributed by atoms with Gasteiger partial charge in [0.1, 0.15) is 17.0 Å². The number of amides is 2. The number of nitriles is 1. The molecule has 0 radical (unpaired) electrons. The average molecular weight is 350 g/mol. The zero-order chi connectivity index (χ0) is 19.4. The zero-order valence-electron chi connectivity index (χ0n) is 15.3. The maximum atomic E-state index is 14.1. The first-order valence-corrected chi connectivity index (χ1v) is 7.74. The predicted octanol–water partition coefficient (Wildman–Crippen LogP) is 4.37. The molecule has 1 aromatic rings. The van der Waals surface area contributed by atoms with Gasteiger partial charge >= 0.3 is 12.2 Å². The van der Waals surface area contributed by atoms with E-state index in [1.807, 2.05) is 6.07 Å². The van der Waals surface area contributed by atoms with Gasteiger partial charge in [-0.15, -0.1) is 0 Å².